The zero-order valence-electron chi connectivity index (χ0n) is 12.5. The van der Waals surface area contributed by atoms with E-state index in [0.29, 0.717) is 30.8 Å². The third-order valence-corrected chi connectivity index (χ3v) is 3.54. The first-order chi connectivity index (χ1) is 9.80. The highest BCUT2D eigenvalue weighted by atomic mass is 16.6. The molecule has 7 nitrogen and oxygen atoms in total. The third kappa shape index (κ3) is 4.42. The van der Waals surface area contributed by atoms with E-state index in [1.165, 1.54) is 12.1 Å². The van der Waals surface area contributed by atoms with Crippen LogP contribution in [0.15, 0.2) is 18.2 Å². The molecule has 0 radical (unpaired) electrons. The number of carbonyl (C=O) groups is 1. The van der Waals surface area contributed by atoms with Gasteiger partial charge in [0.25, 0.3) is 5.69 Å². The lowest BCUT2D eigenvalue weighted by Gasteiger charge is -2.25. The average molecular weight is 295 g/mol. The Balaban J connectivity index is 2.53. The number of rotatable bonds is 8. The topological polar surface area (TPSA) is 107 Å². The molecule has 0 saturated carbocycles. The van der Waals surface area contributed by atoms with Crippen LogP contribution in [0.25, 0.3) is 0 Å². The molecule has 1 unspecified atom stereocenters. The minimum Gasteiger partial charge on any atom is -0.493 e. The molecule has 1 aromatic rings. The highest BCUT2D eigenvalue weighted by molar-refractivity contribution is 5.84. The lowest BCUT2D eigenvalue weighted by Crippen LogP contribution is -2.51. The first-order valence-corrected chi connectivity index (χ1v) is 6.67. The fraction of sp³-hybridized carbons (Fsp3) is 0.500. The van der Waals surface area contributed by atoms with Crippen LogP contribution in [-0.4, -0.2) is 30.0 Å². The molecule has 3 N–H and O–H groups in total. The molecule has 0 bridgehead atoms. The van der Waals surface area contributed by atoms with Crippen molar-refractivity contribution in [2.24, 2.45) is 5.73 Å². The molecule has 21 heavy (non-hydrogen) atoms. The van der Waals surface area contributed by atoms with Crippen LogP contribution < -0.4 is 15.8 Å². The highest BCUT2D eigenvalue weighted by Crippen LogP contribution is 2.23. The number of likely N-dealkylation sites (N-methyl/N-ethyl adjacent to an activating group) is 1. The summed E-state index contributed by atoms with van der Waals surface area (Å²) in [4.78, 5) is 21.5. The van der Waals surface area contributed by atoms with Gasteiger partial charge in [0.1, 0.15) is 5.75 Å². The molecule has 0 saturated heterocycles. The molecule has 0 aliphatic heterocycles. The van der Waals surface area contributed by atoms with Crippen LogP contribution in [0.1, 0.15) is 25.3 Å². The summed E-state index contributed by atoms with van der Waals surface area (Å²) < 4.78 is 5.59. The molecule has 0 fully saturated rings. The van der Waals surface area contributed by atoms with Gasteiger partial charge in [-0.05, 0) is 45.4 Å². The summed E-state index contributed by atoms with van der Waals surface area (Å²) in [6.07, 6.45) is 1.18. The second kappa shape index (κ2) is 7.03. The molecule has 0 spiro atoms. The third-order valence-electron chi connectivity index (χ3n) is 3.54. The Morgan fingerprint density at radius 2 is 2.19 bits per heavy atom. The molecule has 1 atom stereocenters. The molecular formula is C14H21N3O4. The minimum atomic E-state index is -0.756. The molecule has 0 aromatic heterocycles. The maximum atomic E-state index is 11.3. The summed E-state index contributed by atoms with van der Waals surface area (Å²) in [5.74, 6) is 0.197. The maximum Gasteiger partial charge on any atom is 0.269 e. The fourth-order valence-electron chi connectivity index (χ4n) is 1.89. The Bertz CT molecular complexity index is 533. The predicted octanol–water partition coefficient (Wildman–Crippen LogP) is 1.53. The lowest BCUT2D eigenvalue weighted by atomic mass is 9.95. The average Bonchev–Trinajstić information content (AvgIpc) is 2.44. The Morgan fingerprint density at radius 1 is 1.52 bits per heavy atom. The Morgan fingerprint density at radius 3 is 2.67 bits per heavy atom. The van der Waals surface area contributed by atoms with Crippen LogP contribution in [0, 0.1) is 17.0 Å². The van der Waals surface area contributed by atoms with E-state index in [2.05, 4.69) is 5.32 Å². The van der Waals surface area contributed by atoms with Crippen molar-refractivity contribution >= 4 is 11.6 Å². The van der Waals surface area contributed by atoms with E-state index in [9.17, 15) is 14.9 Å². The van der Waals surface area contributed by atoms with E-state index in [0.717, 1.165) is 0 Å². The van der Waals surface area contributed by atoms with Gasteiger partial charge in [0.05, 0.1) is 17.1 Å². The van der Waals surface area contributed by atoms with Gasteiger partial charge in [0.2, 0.25) is 5.91 Å². The smallest absolute Gasteiger partial charge is 0.269 e. The number of nitrogens with zero attached hydrogens (tertiary/aromatic N) is 1. The molecule has 1 rings (SSSR count). The number of nitro benzene ring substituents is 1. The van der Waals surface area contributed by atoms with Crippen LogP contribution >= 0.6 is 0 Å². The number of nitrogens with two attached hydrogens (primary N) is 1. The summed E-state index contributed by atoms with van der Waals surface area (Å²) in [5, 5.41) is 13.5. The van der Waals surface area contributed by atoms with Crippen LogP contribution in [0.4, 0.5) is 5.69 Å². The number of hydrogen-bond donors (Lipinski definition) is 2. The lowest BCUT2D eigenvalue weighted by molar-refractivity contribution is -0.384. The summed E-state index contributed by atoms with van der Waals surface area (Å²) in [6, 6.07) is 4.46. The summed E-state index contributed by atoms with van der Waals surface area (Å²) in [5.41, 5.74) is 5.32. The van der Waals surface area contributed by atoms with Crippen molar-refractivity contribution in [2.75, 3.05) is 13.7 Å². The van der Waals surface area contributed by atoms with Crippen LogP contribution in [0.5, 0.6) is 5.75 Å². The van der Waals surface area contributed by atoms with E-state index < -0.39 is 16.4 Å². The largest absolute Gasteiger partial charge is 0.493 e. The van der Waals surface area contributed by atoms with Gasteiger partial charge in [-0.2, -0.15) is 0 Å². The van der Waals surface area contributed by atoms with Gasteiger partial charge >= 0.3 is 0 Å². The first-order valence-electron chi connectivity index (χ1n) is 6.67. The predicted molar refractivity (Wildman–Crippen MR) is 79.2 cm³/mol. The number of primary amides is 1. The van der Waals surface area contributed by atoms with Crippen molar-refractivity contribution in [3.63, 3.8) is 0 Å². The second-order valence-corrected chi connectivity index (χ2v) is 5.11. The number of ether oxygens (including phenoxy) is 1. The zero-order valence-corrected chi connectivity index (χ0v) is 12.5. The van der Waals surface area contributed by atoms with Crippen molar-refractivity contribution in [2.45, 2.75) is 32.2 Å². The normalized spacial score (nSPS) is 13.5. The first kappa shape index (κ1) is 16.9. The van der Waals surface area contributed by atoms with E-state index in [1.54, 1.807) is 27.0 Å². The van der Waals surface area contributed by atoms with Crippen LogP contribution in [-0.2, 0) is 4.79 Å². The molecule has 0 heterocycles. The minimum absolute atomic E-state index is 0.0383. The maximum absolute atomic E-state index is 11.3. The SMILES string of the molecule is CNC(C)(CCCOc1ccc([N+](=O)[O-])cc1C)C(N)=O. The number of amides is 1. The molecule has 0 aliphatic rings. The van der Waals surface area contributed by atoms with Crippen molar-refractivity contribution in [1.29, 1.82) is 0 Å². The van der Waals surface area contributed by atoms with Gasteiger partial charge in [0.15, 0.2) is 0 Å². The monoisotopic (exact) mass is 295 g/mol. The number of carbonyl (C=O) groups excluding carboxylic acids is 1. The number of non-ortho nitro benzene ring substituents is 1. The number of benzene rings is 1. The van der Waals surface area contributed by atoms with Crippen molar-refractivity contribution in [3.05, 3.63) is 33.9 Å². The Labute approximate surface area is 123 Å². The van der Waals surface area contributed by atoms with Crippen molar-refractivity contribution in [3.8, 4) is 5.75 Å². The van der Waals surface area contributed by atoms with E-state index in [-0.39, 0.29) is 5.69 Å². The summed E-state index contributed by atoms with van der Waals surface area (Å²) >= 11 is 0. The summed E-state index contributed by atoms with van der Waals surface area (Å²) in [7, 11) is 1.69. The van der Waals surface area contributed by atoms with E-state index in [4.69, 9.17) is 10.5 Å². The van der Waals surface area contributed by atoms with E-state index >= 15 is 0 Å². The quantitative estimate of drug-likeness (QED) is 0.429. The van der Waals surface area contributed by atoms with Gasteiger partial charge < -0.3 is 15.8 Å². The molecule has 1 amide bonds. The molecule has 7 heteroatoms. The highest BCUT2D eigenvalue weighted by Gasteiger charge is 2.28. The fourth-order valence-corrected chi connectivity index (χ4v) is 1.89. The number of hydrogen-bond acceptors (Lipinski definition) is 5. The van der Waals surface area contributed by atoms with Gasteiger partial charge in [-0.25, -0.2) is 0 Å². The number of aryl methyl sites for hydroxylation is 1. The van der Waals surface area contributed by atoms with Gasteiger partial charge in [-0.3, -0.25) is 14.9 Å². The van der Waals surface area contributed by atoms with Gasteiger partial charge in [0, 0.05) is 12.1 Å². The van der Waals surface area contributed by atoms with Gasteiger partial charge in [-0.15, -0.1) is 0 Å². The van der Waals surface area contributed by atoms with Gasteiger partial charge in [-0.1, -0.05) is 0 Å². The van der Waals surface area contributed by atoms with Crippen molar-refractivity contribution in [1.82, 2.24) is 5.32 Å². The van der Waals surface area contributed by atoms with Crippen LogP contribution in [0.3, 0.4) is 0 Å². The molecule has 1 aromatic carbocycles. The zero-order chi connectivity index (χ0) is 16.0. The number of nitrogens with one attached hydrogen (secondary N) is 1. The van der Waals surface area contributed by atoms with E-state index in [1.807, 2.05) is 0 Å². The standard InChI is InChI=1S/C14H21N3O4/c1-10-9-11(17(19)20)5-6-12(10)21-8-4-7-14(2,16-3)13(15)18/h5-6,9,16H,4,7-8H2,1-3H3,(H2,15,18). The summed E-state index contributed by atoms with van der Waals surface area (Å²) in [6.45, 7) is 3.90. The molecule has 116 valence electrons. The molecular weight excluding hydrogens is 274 g/mol. The number of nitro groups is 1. The molecule has 0 aliphatic carbocycles. The Hall–Kier alpha value is -2.15. The van der Waals surface area contributed by atoms with Crippen molar-refractivity contribution < 1.29 is 14.5 Å². The van der Waals surface area contributed by atoms with Crippen LogP contribution in [0.2, 0.25) is 0 Å². The second-order valence-electron chi connectivity index (χ2n) is 5.11. The Kier molecular flexibility index (Phi) is 5.66.